The standard InChI is InChI=1S/C15H18Cl2N4O/c1-10-19-13(18-7-4-8-22-2)9-14(20-10)21-15-11(16)5-3-6-12(15)17/h3,5-6,9H,4,7-8H2,1-2H3,(H2,18,19,20,21). The van der Waals surface area contributed by atoms with Gasteiger partial charge in [-0.1, -0.05) is 29.3 Å². The van der Waals surface area contributed by atoms with E-state index in [1.54, 1.807) is 25.3 Å². The van der Waals surface area contributed by atoms with Crippen LogP contribution in [0.15, 0.2) is 24.3 Å². The number of methoxy groups -OCH3 is 1. The highest BCUT2D eigenvalue weighted by Gasteiger charge is 2.08. The lowest BCUT2D eigenvalue weighted by Crippen LogP contribution is -2.08. The van der Waals surface area contributed by atoms with Crippen LogP contribution in [-0.4, -0.2) is 30.2 Å². The summed E-state index contributed by atoms with van der Waals surface area (Å²) in [6, 6.07) is 7.16. The van der Waals surface area contributed by atoms with Crippen LogP contribution < -0.4 is 10.6 Å². The Balaban J connectivity index is 2.12. The van der Waals surface area contributed by atoms with Crippen molar-refractivity contribution >= 4 is 40.5 Å². The number of nitrogens with zero attached hydrogens (tertiary/aromatic N) is 2. The van der Waals surface area contributed by atoms with E-state index in [2.05, 4.69) is 20.6 Å². The van der Waals surface area contributed by atoms with Crippen LogP contribution in [0.2, 0.25) is 10.0 Å². The van der Waals surface area contributed by atoms with Crippen molar-refractivity contribution in [2.45, 2.75) is 13.3 Å². The number of aromatic nitrogens is 2. The number of para-hydroxylation sites is 1. The first-order valence-corrected chi connectivity index (χ1v) is 7.65. The fourth-order valence-electron chi connectivity index (χ4n) is 1.90. The summed E-state index contributed by atoms with van der Waals surface area (Å²) in [6.07, 6.45) is 0.901. The van der Waals surface area contributed by atoms with Crippen molar-refractivity contribution in [3.05, 3.63) is 40.1 Å². The van der Waals surface area contributed by atoms with Crippen molar-refractivity contribution in [2.75, 3.05) is 30.9 Å². The number of nitrogens with one attached hydrogen (secondary N) is 2. The number of anilines is 3. The zero-order valence-electron chi connectivity index (χ0n) is 12.5. The Morgan fingerprint density at radius 3 is 2.50 bits per heavy atom. The molecule has 2 N–H and O–H groups in total. The van der Waals surface area contributed by atoms with Gasteiger partial charge in [0.05, 0.1) is 15.7 Å². The number of hydrogen-bond donors (Lipinski definition) is 2. The van der Waals surface area contributed by atoms with E-state index in [1.807, 2.05) is 13.0 Å². The van der Waals surface area contributed by atoms with Crippen LogP contribution in [-0.2, 0) is 4.74 Å². The second-order valence-electron chi connectivity index (χ2n) is 4.68. The molecule has 1 aromatic heterocycles. The minimum Gasteiger partial charge on any atom is -0.385 e. The zero-order valence-corrected chi connectivity index (χ0v) is 14.0. The lowest BCUT2D eigenvalue weighted by Gasteiger charge is -2.12. The number of halogens is 2. The molecule has 1 heterocycles. The third-order valence-electron chi connectivity index (χ3n) is 2.89. The molecule has 0 atom stereocenters. The number of hydrogen-bond acceptors (Lipinski definition) is 5. The van der Waals surface area contributed by atoms with E-state index in [9.17, 15) is 0 Å². The smallest absolute Gasteiger partial charge is 0.136 e. The van der Waals surface area contributed by atoms with Gasteiger partial charge in [0.2, 0.25) is 0 Å². The maximum atomic E-state index is 6.16. The number of ether oxygens (including phenoxy) is 1. The van der Waals surface area contributed by atoms with Gasteiger partial charge in [0, 0.05) is 26.3 Å². The molecule has 0 spiro atoms. The second kappa shape index (κ2) is 8.17. The van der Waals surface area contributed by atoms with Crippen LogP contribution in [0.5, 0.6) is 0 Å². The van der Waals surface area contributed by atoms with Crippen molar-refractivity contribution in [1.29, 1.82) is 0 Å². The van der Waals surface area contributed by atoms with Gasteiger partial charge >= 0.3 is 0 Å². The zero-order chi connectivity index (χ0) is 15.9. The van der Waals surface area contributed by atoms with Crippen molar-refractivity contribution in [1.82, 2.24) is 9.97 Å². The van der Waals surface area contributed by atoms with Gasteiger partial charge in [-0.05, 0) is 25.5 Å². The molecule has 1 aromatic carbocycles. The molecule has 0 aliphatic rings. The molecule has 0 bridgehead atoms. The number of rotatable bonds is 7. The van der Waals surface area contributed by atoms with Gasteiger partial charge in [-0.3, -0.25) is 0 Å². The van der Waals surface area contributed by atoms with E-state index in [-0.39, 0.29) is 0 Å². The Labute approximate surface area is 140 Å². The first-order valence-electron chi connectivity index (χ1n) is 6.89. The largest absolute Gasteiger partial charge is 0.385 e. The summed E-state index contributed by atoms with van der Waals surface area (Å²) in [7, 11) is 1.68. The highest BCUT2D eigenvalue weighted by Crippen LogP contribution is 2.32. The molecule has 0 saturated heterocycles. The van der Waals surface area contributed by atoms with E-state index >= 15 is 0 Å². The fraction of sp³-hybridized carbons (Fsp3) is 0.333. The summed E-state index contributed by atoms with van der Waals surface area (Å²) in [4.78, 5) is 8.70. The average Bonchev–Trinajstić information content (AvgIpc) is 2.47. The van der Waals surface area contributed by atoms with E-state index in [0.717, 1.165) is 18.8 Å². The monoisotopic (exact) mass is 340 g/mol. The second-order valence-corrected chi connectivity index (χ2v) is 5.49. The van der Waals surface area contributed by atoms with Crippen LogP contribution in [0, 0.1) is 6.92 Å². The predicted octanol–water partition coefficient (Wildman–Crippen LogP) is 4.28. The van der Waals surface area contributed by atoms with Gasteiger partial charge in [0.25, 0.3) is 0 Å². The molecule has 0 amide bonds. The van der Waals surface area contributed by atoms with Crippen LogP contribution >= 0.6 is 23.2 Å². The van der Waals surface area contributed by atoms with Crippen molar-refractivity contribution in [2.24, 2.45) is 0 Å². The quantitative estimate of drug-likeness (QED) is 0.736. The molecule has 0 unspecified atom stereocenters. The van der Waals surface area contributed by atoms with Crippen molar-refractivity contribution in [3.8, 4) is 0 Å². The van der Waals surface area contributed by atoms with Gasteiger partial charge in [0.15, 0.2) is 0 Å². The van der Waals surface area contributed by atoms with Crippen molar-refractivity contribution in [3.63, 3.8) is 0 Å². The summed E-state index contributed by atoms with van der Waals surface area (Å²) in [6.45, 7) is 3.31. The normalized spacial score (nSPS) is 10.5. The molecule has 7 heteroatoms. The Kier molecular flexibility index (Phi) is 6.24. The molecule has 118 valence electrons. The predicted molar refractivity (Wildman–Crippen MR) is 91.5 cm³/mol. The van der Waals surface area contributed by atoms with E-state index < -0.39 is 0 Å². The molecule has 0 fully saturated rings. The molecular weight excluding hydrogens is 323 g/mol. The Bertz CT molecular complexity index is 617. The van der Waals surface area contributed by atoms with Gasteiger partial charge in [-0.25, -0.2) is 9.97 Å². The molecule has 22 heavy (non-hydrogen) atoms. The van der Waals surface area contributed by atoms with Gasteiger partial charge in [-0.2, -0.15) is 0 Å². The van der Waals surface area contributed by atoms with Crippen LogP contribution in [0.4, 0.5) is 17.3 Å². The molecule has 0 aliphatic heterocycles. The maximum absolute atomic E-state index is 6.16. The Hall–Kier alpha value is -1.56. The average molecular weight is 341 g/mol. The molecule has 5 nitrogen and oxygen atoms in total. The number of benzene rings is 1. The van der Waals surface area contributed by atoms with E-state index in [4.69, 9.17) is 27.9 Å². The molecular formula is C15H18Cl2N4O. The summed E-state index contributed by atoms with van der Waals surface area (Å²) < 4.78 is 5.02. The van der Waals surface area contributed by atoms with Crippen molar-refractivity contribution < 1.29 is 4.74 Å². The molecule has 2 rings (SSSR count). The van der Waals surface area contributed by atoms with E-state index in [0.29, 0.717) is 34.0 Å². The summed E-state index contributed by atoms with van der Waals surface area (Å²) in [5, 5.41) is 7.46. The van der Waals surface area contributed by atoms with E-state index in [1.165, 1.54) is 0 Å². The third kappa shape index (κ3) is 4.73. The Morgan fingerprint density at radius 2 is 1.82 bits per heavy atom. The molecule has 0 aliphatic carbocycles. The SMILES string of the molecule is COCCCNc1cc(Nc2c(Cl)cccc2Cl)nc(C)n1. The maximum Gasteiger partial charge on any atom is 0.136 e. The van der Waals surface area contributed by atoms with Gasteiger partial charge in [-0.15, -0.1) is 0 Å². The molecule has 0 saturated carbocycles. The first-order chi connectivity index (χ1) is 10.6. The highest BCUT2D eigenvalue weighted by atomic mass is 35.5. The number of aryl methyl sites for hydroxylation is 1. The molecule has 2 aromatic rings. The summed E-state index contributed by atoms with van der Waals surface area (Å²) in [5.74, 6) is 2.04. The highest BCUT2D eigenvalue weighted by molar-refractivity contribution is 6.39. The van der Waals surface area contributed by atoms with Crippen LogP contribution in [0.3, 0.4) is 0 Å². The minimum absolute atomic E-state index is 0.540. The van der Waals surface area contributed by atoms with Crippen LogP contribution in [0.1, 0.15) is 12.2 Å². The third-order valence-corrected chi connectivity index (χ3v) is 3.52. The topological polar surface area (TPSA) is 59.1 Å². The molecule has 0 radical (unpaired) electrons. The Morgan fingerprint density at radius 1 is 1.14 bits per heavy atom. The summed E-state index contributed by atoms with van der Waals surface area (Å²) in [5.41, 5.74) is 0.634. The fourth-order valence-corrected chi connectivity index (χ4v) is 2.39. The lowest BCUT2D eigenvalue weighted by molar-refractivity contribution is 0.198. The summed E-state index contributed by atoms with van der Waals surface area (Å²) >= 11 is 12.3. The van der Waals surface area contributed by atoms with Gasteiger partial charge in [0.1, 0.15) is 17.5 Å². The first kappa shape index (κ1) is 16.8. The lowest BCUT2D eigenvalue weighted by atomic mass is 10.3. The van der Waals surface area contributed by atoms with Crippen LogP contribution in [0.25, 0.3) is 0 Å². The minimum atomic E-state index is 0.540. The van der Waals surface area contributed by atoms with Gasteiger partial charge < -0.3 is 15.4 Å².